The molecule has 0 aliphatic carbocycles. The van der Waals surface area contributed by atoms with Crippen LogP contribution in [0.25, 0.3) is 0 Å². The highest BCUT2D eigenvalue weighted by atomic mass is 16.6. The second kappa shape index (κ2) is 42.5. The minimum absolute atomic E-state index is 0.0587. The summed E-state index contributed by atoms with van der Waals surface area (Å²) >= 11 is 0. The van der Waals surface area contributed by atoms with Crippen LogP contribution >= 0.6 is 0 Å². The standard InChI is InChI=1S/C47H78O5/c1-4-7-10-13-15-17-19-21-23-25-27-29-31-33-36-39-42-50-43-45(52-47(49)41-38-34-12-9-6-3)44-51-46(48)40-37-35-32-30-28-26-24-22-20-18-16-14-11-8-5-2/h7-8,10-11,15-18,21-24,27,29,45H,4-6,9,12-14,19-20,25-26,28,30-44H2,1-3H3/b10-7-,11-8-,17-15-,18-16-,23-21-,24-22-,29-27-. The maximum absolute atomic E-state index is 12.5. The fourth-order valence-corrected chi connectivity index (χ4v) is 5.34. The molecule has 5 nitrogen and oxygen atoms in total. The van der Waals surface area contributed by atoms with E-state index in [1.165, 1.54) is 25.7 Å². The monoisotopic (exact) mass is 723 g/mol. The molecular formula is C47H78O5. The molecule has 0 heterocycles. The van der Waals surface area contributed by atoms with Crippen LogP contribution in [0.3, 0.4) is 0 Å². The number of unbranched alkanes of at least 4 members (excludes halogenated alkanes) is 12. The van der Waals surface area contributed by atoms with Gasteiger partial charge in [0.15, 0.2) is 6.10 Å². The first-order valence-corrected chi connectivity index (χ1v) is 21.1. The molecule has 0 saturated heterocycles. The van der Waals surface area contributed by atoms with E-state index in [9.17, 15) is 9.59 Å². The lowest BCUT2D eigenvalue weighted by molar-refractivity contribution is -0.163. The molecule has 1 unspecified atom stereocenters. The number of carbonyl (C=O) groups is 2. The summed E-state index contributed by atoms with van der Waals surface area (Å²) in [6.07, 6.45) is 54.6. The van der Waals surface area contributed by atoms with E-state index in [0.29, 0.717) is 19.4 Å². The Morgan fingerprint density at radius 2 is 0.865 bits per heavy atom. The van der Waals surface area contributed by atoms with Crippen molar-refractivity contribution in [1.82, 2.24) is 0 Å². The van der Waals surface area contributed by atoms with Gasteiger partial charge in [-0.1, -0.05) is 157 Å². The maximum atomic E-state index is 12.5. The van der Waals surface area contributed by atoms with Gasteiger partial charge in [-0.2, -0.15) is 0 Å². The molecule has 5 heteroatoms. The zero-order chi connectivity index (χ0) is 37.8. The number of esters is 2. The highest BCUT2D eigenvalue weighted by molar-refractivity contribution is 5.70. The molecule has 0 aromatic heterocycles. The van der Waals surface area contributed by atoms with Crippen molar-refractivity contribution in [2.24, 2.45) is 0 Å². The highest BCUT2D eigenvalue weighted by Gasteiger charge is 2.17. The average molecular weight is 723 g/mol. The molecule has 0 fully saturated rings. The van der Waals surface area contributed by atoms with E-state index in [0.717, 1.165) is 116 Å². The van der Waals surface area contributed by atoms with E-state index in [2.05, 4.69) is 106 Å². The Bertz CT molecular complexity index is 999. The fraction of sp³-hybridized carbons (Fsp3) is 0.660. The molecule has 0 radical (unpaired) electrons. The van der Waals surface area contributed by atoms with E-state index in [1.54, 1.807) is 0 Å². The molecule has 0 spiro atoms. The van der Waals surface area contributed by atoms with Gasteiger partial charge in [0, 0.05) is 19.4 Å². The van der Waals surface area contributed by atoms with E-state index >= 15 is 0 Å². The Balaban J connectivity index is 4.19. The smallest absolute Gasteiger partial charge is 0.306 e. The fourth-order valence-electron chi connectivity index (χ4n) is 5.34. The second-order valence-electron chi connectivity index (χ2n) is 13.5. The van der Waals surface area contributed by atoms with Gasteiger partial charge in [0.2, 0.25) is 0 Å². The number of rotatable bonds is 37. The van der Waals surface area contributed by atoms with Crippen LogP contribution in [0.5, 0.6) is 0 Å². The number of ether oxygens (including phenoxy) is 3. The maximum Gasteiger partial charge on any atom is 0.306 e. The number of carbonyl (C=O) groups excluding carboxylic acids is 2. The lowest BCUT2D eigenvalue weighted by atomic mass is 10.1. The first-order valence-electron chi connectivity index (χ1n) is 21.1. The normalized spacial score (nSPS) is 13.1. The topological polar surface area (TPSA) is 61.8 Å². The summed E-state index contributed by atoms with van der Waals surface area (Å²) < 4.78 is 17.1. The lowest BCUT2D eigenvalue weighted by Crippen LogP contribution is -2.30. The number of allylic oxidation sites excluding steroid dienone is 14. The van der Waals surface area contributed by atoms with Crippen LogP contribution in [0.4, 0.5) is 0 Å². The van der Waals surface area contributed by atoms with Crippen molar-refractivity contribution in [2.75, 3.05) is 19.8 Å². The van der Waals surface area contributed by atoms with Crippen LogP contribution in [0.2, 0.25) is 0 Å². The third kappa shape index (κ3) is 39.9. The minimum atomic E-state index is -0.557. The minimum Gasteiger partial charge on any atom is -0.462 e. The van der Waals surface area contributed by atoms with Crippen LogP contribution in [-0.4, -0.2) is 37.9 Å². The van der Waals surface area contributed by atoms with Crippen LogP contribution in [0, 0.1) is 0 Å². The number of hydrogen-bond acceptors (Lipinski definition) is 5. The summed E-state index contributed by atoms with van der Waals surface area (Å²) in [6, 6.07) is 0. The summed E-state index contributed by atoms with van der Waals surface area (Å²) in [5.74, 6) is -0.456. The van der Waals surface area contributed by atoms with Gasteiger partial charge in [-0.05, 0) is 89.9 Å². The zero-order valence-electron chi connectivity index (χ0n) is 33.8. The average Bonchev–Trinajstić information content (AvgIpc) is 3.14. The first kappa shape index (κ1) is 49.1. The van der Waals surface area contributed by atoms with Crippen LogP contribution in [0.15, 0.2) is 85.1 Å². The van der Waals surface area contributed by atoms with Gasteiger partial charge in [0.25, 0.3) is 0 Å². The molecule has 0 aromatic carbocycles. The van der Waals surface area contributed by atoms with Crippen molar-refractivity contribution < 1.29 is 23.8 Å². The number of hydrogen-bond donors (Lipinski definition) is 0. The van der Waals surface area contributed by atoms with Gasteiger partial charge in [-0.15, -0.1) is 0 Å². The van der Waals surface area contributed by atoms with Crippen molar-refractivity contribution in [2.45, 2.75) is 181 Å². The largest absolute Gasteiger partial charge is 0.462 e. The summed E-state index contributed by atoms with van der Waals surface area (Å²) in [5, 5.41) is 0. The SMILES string of the molecule is CC/C=C\C/C=C\C/C=C\C/C=C\CCCCCOCC(COC(=O)CCCCCCC/C=C\C/C=C\C/C=C\CC)OC(=O)CCCCCCC. The van der Waals surface area contributed by atoms with Gasteiger partial charge in [0.05, 0.1) is 6.61 Å². The van der Waals surface area contributed by atoms with Crippen LogP contribution < -0.4 is 0 Å². The van der Waals surface area contributed by atoms with Crippen molar-refractivity contribution in [3.63, 3.8) is 0 Å². The first-order chi connectivity index (χ1) is 25.6. The Hall–Kier alpha value is -2.92. The van der Waals surface area contributed by atoms with Crippen molar-refractivity contribution >= 4 is 11.9 Å². The predicted molar refractivity (Wildman–Crippen MR) is 223 cm³/mol. The van der Waals surface area contributed by atoms with E-state index in [1.807, 2.05) is 0 Å². The molecule has 0 aliphatic heterocycles. The molecule has 1 atom stereocenters. The van der Waals surface area contributed by atoms with Gasteiger partial charge >= 0.3 is 11.9 Å². The van der Waals surface area contributed by atoms with E-state index in [-0.39, 0.29) is 25.2 Å². The van der Waals surface area contributed by atoms with Gasteiger partial charge in [0.1, 0.15) is 6.61 Å². The van der Waals surface area contributed by atoms with Crippen molar-refractivity contribution in [3.8, 4) is 0 Å². The predicted octanol–water partition coefficient (Wildman–Crippen LogP) is 13.8. The summed E-state index contributed by atoms with van der Waals surface area (Å²) in [5.41, 5.74) is 0. The van der Waals surface area contributed by atoms with Gasteiger partial charge in [-0.3, -0.25) is 9.59 Å². The highest BCUT2D eigenvalue weighted by Crippen LogP contribution is 2.11. The van der Waals surface area contributed by atoms with Crippen LogP contribution in [0.1, 0.15) is 175 Å². The Labute approximate surface area is 320 Å². The summed E-state index contributed by atoms with van der Waals surface area (Å²) in [4.78, 5) is 25.0. The second-order valence-corrected chi connectivity index (χ2v) is 13.5. The Kier molecular flexibility index (Phi) is 40.1. The molecule has 296 valence electrons. The zero-order valence-corrected chi connectivity index (χ0v) is 33.8. The van der Waals surface area contributed by atoms with Gasteiger partial charge in [-0.25, -0.2) is 0 Å². The molecule has 0 rings (SSSR count). The molecule has 0 aromatic rings. The molecular weight excluding hydrogens is 645 g/mol. The Morgan fingerprint density at radius 1 is 0.442 bits per heavy atom. The molecule has 0 aliphatic rings. The quantitative estimate of drug-likeness (QED) is 0.0363. The summed E-state index contributed by atoms with van der Waals surface area (Å²) in [7, 11) is 0. The van der Waals surface area contributed by atoms with E-state index in [4.69, 9.17) is 14.2 Å². The molecule has 52 heavy (non-hydrogen) atoms. The van der Waals surface area contributed by atoms with E-state index < -0.39 is 6.10 Å². The lowest BCUT2D eigenvalue weighted by Gasteiger charge is -2.18. The molecule has 0 bridgehead atoms. The van der Waals surface area contributed by atoms with Crippen molar-refractivity contribution in [3.05, 3.63) is 85.1 Å². The third-order valence-electron chi connectivity index (χ3n) is 8.43. The third-order valence-corrected chi connectivity index (χ3v) is 8.43. The summed E-state index contributed by atoms with van der Waals surface area (Å²) in [6.45, 7) is 7.41. The molecule has 0 saturated carbocycles. The molecule has 0 N–H and O–H groups in total. The van der Waals surface area contributed by atoms with Crippen LogP contribution in [-0.2, 0) is 23.8 Å². The van der Waals surface area contributed by atoms with Crippen molar-refractivity contribution in [1.29, 1.82) is 0 Å². The van der Waals surface area contributed by atoms with Gasteiger partial charge < -0.3 is 14.2 Å². The Morgan fingerprint density at radius 3 is 1.38 bits per heavy atom. The molecule has 0 amide bonds.